The second-order valence-electron chi connectivity index (χ2n) is 3.85. The molecule has 1 aromatic carbocycles. The van der Waals surface area contributed by atoms with Crippen molar-refractivity contribution in [2.75, 3.05) is 0 Å². The molecule has 0 bridgehead atoms. The highest BCUT2D eigenvalue weighted by atomic mass is 35.5. The van der Waals surface area contributed by atoms with Crippen molar-refractivity contribution in [2.24, 2.45) is 0 Å². The first-order valence-corrected chi connectivity index (χ1v) is 5.73. The maximum atomic E-state index is 10.9. The van der Waals surface area contributed by atoms with E-state index >= 15 is 0 Å². The van der Waals surface area contributed by atoms with Crippen LogP contribution >= 0.6 is 11.6 Å². The van der Waals surface area contributed by atoms with E-state index in [1.54, 1.807) is 12.1 Å². The lowest BCUT2D eigenvalue weighted by Crippen LogP contribution is -1.97. The van der Waals surface area contributed by atoms with Gasteiger partial charge in [0.25, 0.3) is 0 Å². The van der Waals surface area contributed by atoms with Crippen molar-refractivity contribution in [1.29, 1.82) is 0 Å². The number of fused-ring (bicyclic) bond motifs is 1. The number of carboxylic acids is 1. The Morgan fingerprint density at radius 2 is 2.16 bits per heavy atom. The highest BCUT2D eigenvalue weighted by Crippen LogP contribution is 2.23. The predicted octanol–water partition coefficient (Wildman–Crippen LogP) is 2.37. The van der Waals surface area contributed by atoms with E-state index in [1.807, 2.05) is 0 Å². The van der Waals surface area contributed by atoms with Crippen LogP contribution in [0.3, 0.4) is 0 Å². The summed E-state index contributed by atoms with van der Waals surface area (Å²) in [6.45, 7) is 0. The van der Waals surface area contributed by atoms with Gasteiger partial charge in [-0.05, 0) is 12.1 Å². The van der Waals surface area contributed by atoms with Crippen LogP contribution in [0.2, 0.25) is 5.15 Å². The van der Waals surface area contributed by atoms with E-state index in [0.717, 1.165) is 0 Å². The number of aromatic carboxylic acids is 1. The minimum atomic E-state index is -1.00. The molecule has 19 heavy (non-hydrogen) atoms. The van der Waals surface area contributed by atoms with E-state index < -0.39 is 5.97 Å². The van der Waals surface area contributed by atoms with Crippen LogP contribution in [0.5, 0.6) is 0 Å². The van der Waals surface area contributed by atoms with Crippen LogP contribution in [0, 0.1) is 0 Å². The third kappa shape index (κ3) is 2.02. The van der Waals surface area contributed by atoms with Crippen molar-refractivity contribution < 1.29 is 9.90 Å². The summed E-state index contributed by atoms with van der Waals surface area (Å²) in [7, 11) is 0. The van der Waals surface area contributed by atoms with Crippen LogP contribution in [-0.4, -0.2) is 31.2 Å². The summed E-state index contributed by atoms with van der Waals surface area (Å²) >= 11 is 6.02. The molecule has 0 atom stereocenters. The summed E-state index contributed by atoms with van der Waals surface area (Å²) in [5, 5.41) is 15.7. The van der Waals surface area contributed by atoms with Crippen LogP contribution in [-0.2, 0) is 0 Å². The molecular weight excluding hydrogens is 268 g/mol. The Hall–Kier alpha value is -2.47. The molecule has 0 saturated heterocycles. The number of aromatic amines is 1. The van der Waals surface area contributed by atoms with Crippen LogP contribution in [0.25, 0.3) is 22.4 Å². The number of carboxylic acid groups (broad SMARTS) is 1. The van der Waals surface area contributed by atoms with Crippen LogP contribution in [0.1, 0.15) is 10.4 Å². The molecule has 2 aromatic heterocycles. The van der Waals surface area contributed by atoms with Gasteiger partial charge in [0.1, 0.15) is 11.0 Å². The molecule has 94 valence electrons. The Morgan fingerprint density at radius 1 is 1.32 bits per heavy atom. The normalized spacial score (nSPS) is 10.8. The SMILES string of the molecule is O=C(O)c1cccc(-c2nc(Cl)c3[nH]ncc3n2)c1. The molecule has 0 radical (unpaired) electrons. The number of hydrogen-bond donors (Lipinski definition) is 2. The van der Waals surface area contributed by atoms with Crippen molar-refractivity contribution in [2.45, 2.75) is 0 Å². The second kappa shape index (κ2) is 4.33. The van der Waals surface area contributed by atoms with Gasteiger partial charge < -0.3 is 5.11 Å². The fraction of sp³-hybridized carbons (Fsp3) is 0. The molecule has 3 rings (SSSR count). The molecule has 0 aliphatic heterocycles. The van der Waals surface area contributed by atoms with Gasteiger partial charge in [-0.3, -0.25) is 5.10 Å². The fourth-order valence-corrected chi connectivity index (χ4v) is 1.94. The van der Waals surface area contributed by atoms with E-state index in [4.69, 9.17) is 16.7 Å². The third-order valence-corrected chi connectivity index (χ3v) is 2.90. The number of rotatable bonds is 2. The molecule has 7 heteroatoms. The van der Waals surface area contributed by atoms with Crippen molar-refractivity contribution in [3.8, 4) is 11.4 Å². The van der Waals surface area contributed by atoms with Crippen molar-refractivity contribution >= 4 is 28.6 Å². The van der Waals surface area contributed by atoms with Crippen LogP contribution in [0.15, 0.2) is 30.5 Å². The molecule has 0 spiro atoms. The maximum absolute atomic E-state index is 10.9. The molecule has 0 saturated carbocycles. The van der Waals surface area contributed by atoms with Gasteiger partial charge in [-0.15, -0.1) is 0 Å². The van der Waals surface area contributed by atoms with Crippen molar-refractivity contribution in [3.63, 3.8) is 0 Å². The Labute approximate surface area is 112 Å². The molecule has 2 N–H and O–H groups in total. The smallest absolute Gasteiger partial charge is 0.335 e. The molecular formula is C12H7ClN4O2. The van der Waals surface area contributed by atoms with Gasteiger partial charge in [0.05, 0.1) is 11.8 Å². The topological polar surface area (TPSA) is 91.8 Å². The first-order valence-electron chi connectivity index (χ1n) is 5.35. The monoisotopic (exact) mass is 274 g/mol. The fourth-order valence-electron chi connectivity index (χ4n) is 1.72. The molecule has 6 nitrogen and oxygen atoms in total. The largest absolute Gasteiger partial charge is 0.478 e. The van der Waals surface area contributed by atoms with Gasteiger partial charge in [-0.25, -0.2) is 14.8 Å². The Bertz CT molecular complexity index is 784. The predicted molar refractivity (Wildman–Crippen MR) is 69.1 cm³/mol. The Morgan fingerprint density at radius 3 is 2.95 bits per heavy atom. The van der Waals surface area contributed by atoms with Gasteiger partial charge >= 0.3 is 5.97 Å². The van der Waals surface area contributed by atoms with E-state index in [0.29, 0.717) is 22.4 Å². The Kier molecular flexibility index (Phi) is 2.64. The average Bonchev–Trinajstić information content (AvgIpc) is 2.87. The Balaban J connectivity index is 2.18. The highest BCUT2D eigenvalue weighted by Gasteiger charge is 2.11. The number of carbonyl (C=O) groups is 1. The molecule has 0 amide bonds. The number of nitrogens with zero attached hydrogens (tertiary/aromatic N) is 3. The molecule has 2 heterocycles. The van der Waals surface area contributed by atoms with Gasteiger partial charge in [0.2, 0.25) is 0 Å². The van der Waals surface area contributed by atoms with Gasteiger partial charge in [-0.1, -0.05) is 23.7 Å². The summed E-state index contributed by atoms with van der Waals surface area (Å²) < 4.78 is 0. The first kappa shape index (κ1) is 11.6. The van der Waals surface area contributed by atoms with E-state index in [2.05, 4.69) is 20.2 Å². The molecule has 0 fully saturated rings. The van der Waals surface area contributed by atoms with E-state index in [-0.39, 0.29) is 10.7 Å². The zero-order valence-corrected chi connectivity index (χ0v) is 10.2. The first-order chi connectivity index (χ1) is 9.15. The van der Waals surface area contributed by atoms with Crippen molar-refractivity contribution in [3.05, 3.63) is 41.2 Å². The highest BCUT2D eigenvalue weighted by molar-refractivity contribution is 6.33. The lowest BCUT2D eigenvalue weighted by atomic mass is 10.1. The lowest BCUT2D eigenvalue weighted by Gasteiger charge is -2.02. The van der Waals surface area contributed by atoms with Crippen LogP contribution in [0.4, 0.5) is 0 Å². The van der Waals surface area contributed by atoms with E-state index in [1.165, 1.54) is 18.3 Å². The number of hydrogen-bond acceptors (Lipinski definition) is 4. The summed E-state index contributed by atoms with van der Waals surface area (Å²) in [6, 6.07) is 6.36. The third-order valence-electron chi connectivity index (χ3n) is 2.62. The zero-order valence-electron chi connectivity index (χ0n) is 9.46. The lowest BCUT2D eigenvalue weighted by molar-refractivity contribution is 0.0697. The molecule has 0 aliphatic rings. The number of benzene rings is 1. The maximum Gasteiger partial charge on any atom is 0.335 e. The standard InChI is InChI=1S/C12H7ClN4O2/c13-10-9-8(5-14-17-9)15-11(16-10)6-2-1-3-7(4-6)12(18)19/h1-5H,(H,14,17)(H,18,19). The average molecular weight is 275 g/mol. The second-order valence-corrected chi connectivity index (χ2v) is 4.21. The molecule has 0 unspecified atom stereocenters. The zero-order chi connectivity index (χ0) is 13.4. The number of nitrogens with one attached hydrogen (secondary N) is 1. The summed E-state index contributed by atoms with van der Waals surface area (Å²) in [5.74, 6) is -0.640. The molecule has 3 aromatic rings. The number of H-pyrrole nitrogens is 1. The molecule has 0 aliphatic carbocycles. The summed E-state index contributed by atoms with van der Waals surface area (Å²) in [4.78, 5) is 19.4. The number of halogens is 1. The van der Waals surface area contributed by atoms with Crippen molar-refractivity contribution in [1.82, 2.24) is 20.2 Å². The quantitative estimate of drug-likeness (QED) is 0.700. The summed E-state index contributed by atoms with van der Waals surface area (Å²) in [5.41, 5.74) is 1.89. The minimum absolute atomic E-state index is 0.171. The van der Waals surface area contributed by atoms with E-state index in [9.17, 15) is 4.79 Å². The van der Waals surface area contributed by atoms with Gasteiger partial charge in [-0.2, -0.15) is 5.10 Å². The minimum Gasteiger partial charge on any atom is -0.478 e. The summed E-state index contributed by atoms with van der Waals surface area (Å²) in [6.07, 6.45) is 1.54. The van der Waals surface area contributed by atoms with Crippen LogP contribution < -0.4 is 0 Å². The number of aromatic nitrogens is 4. The van der Waals surface area contributed by atoms with Gasteiger partial charge in [0.15, 0.2) is 11.0 Å². The van der Waals surface area contributed by atoms with Gasteiger partial charge in [0, 0.05) is 5.56 Å².